The van der Waals surface area contributed by atoms with Crippen LogP contribution in [0.2, 0.25) is 0 Å². The molecule has 0 fully saturated rings. The zero-order chi connectivity index (χ0) is 12.3. The SMILES string of the molecule is NC(Cc1cc(F)cc(F)c1)C1=CCCCC1. The van der Waals surface area contributed by atoms with Crippen molar-refractivity contribution >= 4 is 0 Å². The van der Waals surface area contributed by atoms with Crippen molar-refractivity contribution in [3.05, 3.63) is 47.0 Å². The normalized spacial score (nSPS) is 17.7. The van der Waals surface area contributed by atoms with Crippen molar-refractivity contribution in [3.63, 3.8) is 0 Å². The Balaban J connectivity index is 2.06. The Labute approximate surface area is 100 Å². The average Bonchev–Trinajstić information content (AvgIpc) is 2.28. The highest BCUT2D eigenvalue weighted by Gasteiger charge is 2.13. The van der Waals surface area contributed by atoms with Crippen molar-refractivity contribution in [3.8, 4) is 0 Å². The van der Waals surface area contributed by atoms with Gasteiger partial charge in [0, 0.05) is 12.1 Å². The second kappa shape index (κ2) is 5.41. The Bertz CT molecular complexity index is 406. The topological polar surface area (TPSA) is 26.0 Å². The van der Waals surface area contributed by atoms with Crippen molar-refractivity contribution < 1.29 is 8.78 Å². The molecule has 0 aliphatic heterocycles. The first-order chi connectivity index (χ1) is 8.15. The Kier molecular flexibility index (Phi) is 3.89. The molecule has 0 aromatic heterocycles. The molecule has 0 bridgehead atoms. The van der Waals surface area contributed by atoms with Gasteiger partial charge in [-0.2, -0.15) is 0 Å². The van der Waals surface area contributed by atoms with E-state index >= 15 is 0 Å². The maximum absolute atomic E-state index is 13.0. The van der Waals surface area contributed by atoms with Gasteiger partial charge in [0.15, 0.2) is 0 Å². The molecule has 0 saturated heterocycles. The molecule has 1 nitrogen and oxygen atoms in total. The van der Waals surface area contributed by atoms with E-state index in [9.17, 15) is 8.78 Å². The summed E-state index contributed by atoms with van der Waals surface area (Å²) in [6.07, 6.45) is 7.13. The van der Waals surface area contributed by atoms with Gasteiger partial charge in [-0.1, -0.05) is 11.6 Å². The Morgan fingerprint density at radius 3 is 2.41 bits per heavy atom. The molecule has 0 amide bonds. The van der Waals surface area contributed by atoms with Crippen LogP contribution in [0.25, 0.3) is 0 Å². The highest BCUT2D eigenvalue weighted by Crippen LogP contribution is 2.21. The molecule has 0 saturated carbocycles. The predicted octanol–water partition coefficient (Wildman–Crippen LogP) is 3.34. The van der Waals surface area contributed by atoms with Gasteiger partial charge in [-0.15, -0.1) is 0 Å². The molecule has 17 heavy (non-hydrogen) atoms. The van der Waals surface area contributed by atoms with Crippen LogP contribution in [0, 0.1) is 11.6 Å². The standard InChI is InChI=1S/C14H17F2N/c15-12-6-10(7-13(16)9-12)8-14(17)11-4-2-1-3-5-11/h4,6-7,9,14H,1-3,5,8,17H2. The van der Waals surface area contributed by atoms with E-state index in [1.807, 2.05) is 0 Å². The van der Waals surface area contributed by atoms with Crippen LogP contribution in [0.4, 0.5) is 8.78 Å². The van der Waals surface area contributed by atoms with Crippen molar-refractivity contribution in [2.75, 3.05) is 0 Å². The fraction of sp³-hybridized carbons (Fsp3) is 0.429. The first kappa shape index (κ1) is 12.2. The largest absolute Gasteiger partial charge is 0.324 e. The number of halogens is 2. The summed E-state index contributed by atoms with van der Waals surface area (Å²) >= 11 is 0. The molecule has 0 heterocycles. The minimum Gasteiger partial charge on any atom is -0.324 e. The molecular formula is C14H17F2N. The minimum absolute atomic E-state index is 0.114. The van der Waals surface area contributed by atoms with Gasteiger partial charge in [-0.05, 0) is 49.8 Å². The number of rotatable bonds is 3. The highest BCUT2D eigenvalue weighted by molar-refractivity contribution is 5.23. The van der Waals surface area contributed by atoms with Crippen molar-refractivity contribution in [2.24, 2.45) is 5.73 Å². The second-order valence-corrected chi connectivity index (χ2v) is 4.61. The zero-order valence-corrected chi connectivity index (χ0v) is 9.76. The second-order valence-electron chi connectivity index (χ2n) is 4.61. The van der Waals surface area contributed by atoms with Crippen molar-refractivity contribution in [1.82, 2.24) is 0 Å². The highest BCUT2D eigenvalue weighted by atomic mass is 19.1. The summed E-state index contributed by atoms with van der Waals surface area (Å²) < 4.78 is 26.1. The van der Waals surface area contributed by atoms with Gasteiger partial charge in [0.05, 0.1) is 0 Å². The summed E-state index contributed by atoms with van der Waals surface area (Å²) in [5.74, 6) is -1.07. The van der Waals surface area contributed by atoms with Crippen LogP contribution in [0.15, 0.2) is 29.8 Å². The minimum atomic E-state index is -0.537. The van der Waals surface area contributed by atoms with E-state index in [-0.39, 0.29) is 6.04 Å². The molecule has 1 aromatic carbocycles. The third kappa shape index (κ3) is 3.37. The summed E-state index contributed by atoms with van der Waals surface area (Å²) in [7, 11) is 0. The maximum Gasteiger partial charge on any atom is 0.126 e. The lowest BCUT2D eigenvalue weighted by atomic mass is 9.91. The number of hydrogen-bond acceptors (Lipinski definition) is 1. The summed E-state index contributed by atoms with van der Waals surface area (Å²) in [6, 6.07) is 3.48. The van der Waals surface area contributed by atoms with Gasteiger partial charge >= 0.3 is 0 Å². The van der Waals surface area contributed by atoms with Crippen LogP contribution < -0.4 is 5.73 Å². The first-order valence-electron chi connectivity index (χ1n) is 6.04. The van der Waals surface area contributed by atoms with Gasteiger partial charge in [-0.3, -0.25) is 0 Å². The van der Waals surface area contributed by atoms with Gasteiger partial charge in [0.25, 0.3) is 0 Å². The maximum atomic E-state index is 13.0. The van der Waals surface area contributed by atoms with Gasteiger partial charge in [0.2, 0.25) is 0 Å². The van der Waals surface area contributed by atoms with E-state index in [1.54, 1.807) is 0 Å². The summed E-state index contributed by atoms with van der Waals surface area (Å²) in [5.41, 5.74) is 7.92. The zero-order valence-electron chi connectivity index (χ0n) is 9.76. The fourth-order valence-electron chi connectivity index (χ4n) is 2.31. The van der Waals surface area contributed by atoms with Gasteiger partial charge < -0.3 is 5.73 Å². The fourth-order valence-corrected chi connectivity index (χ4v) is 2.31. The number of benzene rings is 1. The van der Waals surface area contributed by atoms with E-state index in [4.69, 9.17) is 5.73 Å². The Morgan fingerprint density at radius 2 is 1.82 bits per heavy atom. The van der Waals surface area contributed by atoms with Crippen LogP contribution in [-0.2, 0) is 6.42 Å². The van der Waals surface area contributed by atoms with Crippen LogP contribution in [-0.4, -0.2) is 6.04 Å². The molecule has 1 aliphatic rings. The van der Waals surface area contributed by atoms with Crippen LogP contribution in [0.5, 0.6) is 0 Å². The van der Waals surface area contributed by atoms with E-state index in [1.165, 1.54) is 24.1 Å². The first-order valence-corrected chi connectivity index (χ1v) is 6.04. The molecule has 2 N–H and O–H groups in total. The lowest BCUT2D eigenvalue weighted by molar-refractivity contribution is 0.575. The van der Waals surface area contributed by atoms with Crippen molar-refractivity contribution in [2.45, 2.75) is 38.1 Å². The summed E-state index contributed by atoms with van der Waals surface area (Å²) in [6.45, 7) is 0. The Morgan fingerprint density at radius 1 is 1.12 bits per heavy atom. The van der Waals surface area contributed by atoms with E-state index in [2.05, 4.69) is 6.08 Å². The molecule has 2 rings (SSSR count). The number of nitrogens with two attached hydrogens (primary N) is 1. The lowest BCUT2D eigenvalue weighted by Crippen LogP contribution is -2.26. The molecular weight excluding hydrogens is 220 g/mol. The third-order valence-electron chi connectivity index (χ3n) is 3.18. The van der Waals surface area contributed by atoms with Crippen LogP contribution in [0.3, 0.4) is 0 Å². The van der Waals surface area contributed by atoms with E-state index in [0.717, 1.165) is 25.3 Å². The van der Waals surface area contributed by atoms with Gasteiger partial charge in [-0.25, -0.2) is 8.78 Å². The molecule has 1 atom stereocenters. The quantitative estimate of drug-likeness (QED) is 0.802. The average molecular weight is 237 g/mol. The summed E-state index contributed by atoms with van der Waals surface area (Å²) in [5, 5.41) is 0. The van der Waals surface area contributed by atoms with Crippen molar-refractivity contribution in [1.29, 1.82) is 0 Å². The molecule has 0 radical (unpaired) electrons. The molecule has 1 aromatic rings. The molecule has 3 heteroatoms. The molecule has 92 valence electrons. The number of hydrogen-bond donors (Lipinski definition) is 1. The van der Waals surface area contributed by atoms with Crippen LogP contribution >= 0.6 is 0 Å². The number of allylic oxidation sites excluding steroid dienone is 1. The predicted molar refractivity (Wildman–Crippen MR) is 64.6 cm³/mol. The molecule has 1 aliphatic carbocycles. The molecule has 0 spiro atoms. The monoisotopic (exact) mass is 237 g/mol. The smallest absolute Gasteiger partial charge is 0.126 e. The molecule has 1 unspecified atom stereocenters. The third-order valence-corrected chi connectivity index (χ3v) is 3.18. The van der Waals surface area contributed by atoms with E-state index in [0.29, 0.717) is 12.0 Å². The Hall–Kier alpha value is -1.22. The van der Waals surface area contributed by atoms with Crippen LogP contribution in [0.1, 0.15) is 31.2 Å². The summed E-state index contributed by atoms with van der Waals surface area (Å²) in [4.78, 5) is 0. The van der Waals surface area contributed by atoms with Gasteiger partial charge in [0.1, 0.15) is 11.6 Å². The lowest BCUT2D eigenvalue weighted by Gasteiger charge is -2.19. The van der Waals surface area contributed by atoms with E-state index < -0.39 is 11.6 Å².